The number of hydrogen-bond acceptors (Lipinski definition) is 3. The van der Waals surface area contributed by atoms with E-state index >= 15 is 0 Å². The number of nitrogens with one attached hydrogen (secondary N) is 1. The maximum Gasteiger partial charge on any atom is 0.321 e. The molecule has 5 heteroatoms. The second-order valence-electron chi connectivity index (χ2n) is 5.70. The van der Waals surface area contributed by atoms with E-state index in [-0.39, 0.29) is 18.1 Å². The lowest BCUT2D eigenvalue weighted by atomic mass is 9.94. The Bertz CT molecular complexity index is 502. The fourth-order valence-electron chi connectivity index (χ4n) is 2.65. The molecular formula is C16H24N2O3. The van der Waals surface area contributed by atoms with Gasteiger partial charge in [-0.15, -0.1) is 0 Å². The lowest BCUT2D eigenvalue weighted by Crippen LogP contribution is -2.44. The third kappa shape index (κ3) is 3.88. The van der Waals surface area contributed by atoms with Gasteiger partial charge in [0.15, 0.2) is 0 Å². The number of nitrogens with zero attached hydrogens (tertiary/aromatic N) is 1. The standard InChI is InChI=1S/C16H24N2O3/c1-11-6-7-14(21-3)9-15(11)17-16(20)18-8-4-5-13(10-18)12(2)19/h6-7,9,12-13,19H,4-5,8,10H2,1-3H3,(H,17,20). The number of ether oxygens (including phenoxy) is 1. The average molecular weight is 292 g/mol. The first-order valence-corrected chi connectivity index (χ1v) is 7.40. The summed E-state index contributed by atoms with van der Waals surface area (Å²) in [6, 6.07) is 5.50. The Morgan fingerprint density at radius 1 is 1.52 bits per heavy atom. The quantitative estimate of drug-likeness (QED) is 0.900. The number of urea groups is 1. The summed E-state index contributed by atoms with van der Waals surface area (Å²) in [5.41, 5.74) is 1.76. The summed E-state index contributed by atoms with van der Waals surface area (Å²) in [6.45, 7) is 5.08. The Morgan fingerprint density at radius 2 is 2.29 bits per heavy atom. The molecule has 2 rings (SSSR count). The second kappa shape index (κ2) is 6.80. The summed E-state index contributed by atoms with van der Waals surface area (Å²) < 4.78 is 5.19. The van der Waals surface area contributed by atoms with Crippen LogP contribution in [0.15, 0.2) is 18.2 Å². The lowest BCUT2D eigenvalue weighted by Gasteiger charge is -2.34. The Labute approximate surface area is 125 Å². The normalized spacial score (nSPS) is 20.0. The van der Waals surface area contributed by atoms with Crippen LogP contribution in [0.2, 0.25) is 0 Å². The number of likely N-dealkylation sites (tertiary alicyclic amines) is 1. The van der Waals surface area contributed by atoms with Crippen LogP contribution in [-0.2, 0) is 0 Å². The monoisotopic (exact) mass is 292 g/mol. The summed E-state index contributed by atoms with van der Waals surface area (Å²) in [7, 11) is 1.61. The number of anilines is 1. The van der Waals surface area contributed by atoms with Crippen LogP contribution in [0.1, 0.15) is 25.3 Å². The Balaban J connectivity index is 2.04. The van der Waals surface area contributed by atoms with Gasteiger partial charge in [-0.25, -0.2) is 4.79 Å². The second-order valence-corrected chi connectivity index (χ2v) is 5.70. The summed E-state index contributed by atoms with van der Waals surface area (Å²) in [5, 5.41) is 12.6. The van der Waals surface area contributed by atoms with E-state index in [4.69, 9.17) is 4.74 Å². The van der Waals surface area contributed by atoms with E-state index < -0.39 is 0 Å². The maximum atomic E-state index is 12.4. The SMILES string of the molecule is COc1ccc(C)c(NC(=O)N2CCCC(C(C)O)C2)c1. The van der Waals surface area contributed by atoms with E-state index in [0.717, 1.165) is 36.4 Å². The minimum absolute atomic E-state index is 0.114. The summed E-state index contributed by atoms with van der Waals surface area (Å²) in [4.78, 5) is 14.2. The van der Waals surface area contributed by atoms with Crippen LogP contribution < -0.4 is 10.1 Å². The van der Waals surface area contributed by atoms with Crippen molar-refractivity contribution in [1.29, 1.82) is 0 Å². The highest BCUT2D eigenvalue weighted by Crippen LogP contribution is 2.24. The number of piperidine rings is 1. The summed E-state index contributed by atoms with van der Waals surface area (Å²) >= 11 is 0. The highest BCUT2D eigenvalue weighted by atomic mass is 16.5. The Hall–Kier alpha value is -1.75. The van der Waals surface area contributed by atoms with Gasteiger partial charge < -0.3 is 20.1 Å². The smallest absolute Gasteiger partial charge is 0.321 e. The van der Waals surface area contributed by atoms with E-state index in [1.54, 1.807) is 18.9 Å². The van der Waals surface area contributed by atoms with Gasteiger partial charge in [0.05, 0.1) is 13.2 Å². The number of carbonyl (C=O) groups excluding carboxylic acids is 1. The zero-order valence-corrected chi connectivity index (χ0v) is 12.9. The van der Waals surface area contributed by atoms with Gasteiger partial charge in [-0.1, -0.05) is 6.07 Å². The van der Waals surface area contributed by atoms with E-state index in [0.29, 0.717) is 6.54 Å². The first-order valence-electron chi connectivity index (χ1n) is 7.40. The van der Waals surface area contributed by atoms with Gasteiger partial charge in [0.25, 0.3) is 0 Å². The molecule has 2 unspecified atom stereocenters. The molecule has 1 fully saturated rings. The molecule has 0 spiro atoms. The Kier molecular flexibility index (Phi) is 5.07. The van der Waals surface area contributed by atoms with Crippen molar-refractivity contribution in [1.82, 2.24) is 4.90 Å². The van der Waals surface area contributed by atoms with Crippen molar-refractivity contribution in [3.8, 4) is 5.75 Å². The topological polar surface area (TPSA) is 61.8 Å². The van der Waals surface area contributed by atoms with Crippen LogP contribution in [0.25, 0.3) is 0 Å². The molecule has 1 aromatic carbocycles. The van der Waals surface area contributed by atoms with Gasteiger partial charge >= 0.3 is 6.03 Å². The minimum atomic E-state index is -0.376. The van der Waals surface area contributed by atoms with Crippen LogP contribution in [0, 0.1) is 12.8 Å². The van der Waals surface area contributed by atoms with Crippen molar-refractivity contribution < 1.29 is 14.6 Å². The molecule has 0 aliphatic carbocycles. The molecule has 0 radical (unpaired) electrons. The van der Waals surface area contributed by atoms with Crippen LogP contribution in [0.4, 0.5) is 10.5 Å². The van der Waals surface area contributed by atoms with Gasteiger partial charge in [-0.3, -0.25) is 0 Å². The molecule has 1 aromatic rings. The van der Waals surface area contributed by atoms with Crippen molar-refractivity contribution in [3.05, 3.63) is 23.8 Å². The maximum absolute atomic E-state index is 12.4. The summed E-state index contributed by atoms with van der Waals surface area (Å²) in [5.74, 6) is 0.882. The van der Waals surface area contributed by atoms with Crippen molar-refractivity contribution in [2.24, 2.45) is 5.92 Å². The fourth-order valence-corrected chi connectivity index (χ4v) is 2.65. The molecule has 5 nitrogen and oxygen atoms in total. The number of aliphatic hydroxyl groups is 1. The van der Waals surface area contributed by atoms with Gasteiger partial charge in [0.1, 0.15) is 5.75 Å². The zero-order chi connectivity index (χ0) is 15.4. The van der Waals surface area contributed by atoms with Crippen molar-refractivity contribution in [2.75, 3.05) is 25.5 Å². The van der Waals surface area contributed by atoms with Crippen LogP contribution in [0.5, 0.6) is 5.75 Å². The van der Waals surface area contributed by atoms with Crippen molar-refractivity contribution in [2.45, 2.75) is 32.8 Å². The largest absolute Gasteiger partial charge is 0.497 e. The molecule has 1 heterocycles. The molecule has 116 valence electrons. The average Bonchev–Trinajstić information content (AvgIpc) is 2.49. The van der Waals surface area contributed by atoms with E-state index in [1.807, 2.05) is 25.1 Å². The number of carbonyl (C=O) groups is 1. The Morgan fingerprint density at radius 3 is 2.95 bits per heavy atom. The van der Waals surface area contributed by atoms with Crippen LogP contribution in [0.3, 0.4) is 0 Å². The first-order chi connectivity index (χ1) is 10.0. The van der Waals surface area contributed by atoms with E-state index in [2.05, 4.69) is 5.32 Å². The molecule has 1 aliphatic heterocycles. The lowest BCUT2D eigenvalue weighted by molar-refractivity contribution is 0.0766. The molecule has 0 aromatic heterocycles. The highest BCUT2D eigenvalue weighted by Gasteiger charge is 2.26. The number of methoxy groups -OCH3 is 1. The zero-order valence-electron chi connectivity index (χ0n) is 12.9. The number of amides is 2. The third-order valence-electron chi connectivity index (χ3n) is 4.11. The molecule has 21 heavy (non-hydrogen) atoms. The highest BCUT2D eigenvalue weighted by molar-refractivity contribution is 5.90. The predicted molar refractivity (Wildman–Crippen MR) is 82.7 cm³/mol. The summed E-state index contributed by atoms with van der Waals surface area (Å²) in [6.07, 6.45) is 1.53. The van der Waals surface area contributed by atoms with Crippen molar-refractivity contribution >= 4 is 11.7 Å². The van der Waals surface area contributed by atoms with Gasteiger partial charge in [0.2, 0.25) is 0 Å². The molecular weight excluding hydrogens is 268 g/mol. The van der Waals surface area contributed by atoms with Crippen LogP contribution >= 0.6 is 0 Å². The molecule has 2 atom stereocenters. The first kappa shape index (κ1) is 15.6. The third-order valence-corrected chi connectivity index (χ3v) is 4.11. The fraction of sp³-hybridized carbons (Fsp3) is 0.562. The van der Waals surface area contributed by atoms with E-state index in [9.17, 15) is 9.90 Å². The number of aliphatic hydroxyl groups excluding tert-OH is 1. The number of hydrogen-bond donors (Lipinski definition) is 2. The van der Waals surface area contributed by atoms with Gasteiger partial charge in [-0.05, 0) is 38.3 Å². The number of benzene rings is 1. The number of aryl methyl sites for hydroxylation is 1. The van der Waals surface area contributed by atoms with Gasteiger partial charge in [-0.2, -0.15) is 0 Å². The molecule has 1 saturated heterocycles. The van der Waals surface area contributed by atoms with Crippen molar-refractivity contribution in [3.63, 3.8) is 0 Å². The molecule has 2 N–H and O–H groups in total. The molecule has 2 amide bonds. The minimum Gasteiger partial charge on any atom is -0.497 e. The molecule has 0 bridgehead atoms. The molecule has 0 saturated carbocycles. The van der Waals surface area contributed by atoms with Crippen LogP contribution in [-0.4, -0.2) is 42.3 Å². The predicted octanol–water partition coefficient (Wildman–Crippen LogP) is 2.63. The van der Waals surface area contributed by atoms with Gasteiger partial charge in [0, 0.05) is 30.8 Å². The molecule has 1 aliphatic rings. The van der Waals surface area contributed by atoms with E-state index in [1.165, 1.54) is 0 Å². The number of rotatable bonds is 3.